The Morgan fingerprint density at radius 1 is 1.10 bits per heavy atom. The van der Waals surface area contributed by atoms with Crippen molar-refractivity contribution in [2.24, 2.45) is 0 Å². The molecule has 0 N–H and O–H groups in total. The summed E-state index contributed by atoms with van der Waals surface area (Å²) in [4.78, 5) is 19.2. The molecule has 4 rings (SSSR count). The molecule has 2 aromatic carbocycles. The third kappa shape index (κ3) is 5.61. The van der Waals surface area contributed by atoms with Crippen LogP contribution < -0.4 is 4.90 Å². The molecule has 2 aromatic heterocycles. The van der Waals surface area contributed by atoms with Gasteiger partial charge in [-0.1, -0.05) is 57.6 Å². The minimum atomic E-state index is -3.43. The van der Waals surface area contributed by atoms with Crippen LogP contribution >= 0.6 is 27.3 Å². The number of carbonyl (C=O) groups excluding carboxylic acids is 1. The summed E-state index contributed by atoms with van der Waals surface area (Å²) in [5, 5.41) is 0.509. The molecule has 0 unspecified atom stereocenters. The number of fused-ring (bicyclic) bond motifs is 1. The van der Waals surface area contributed by atoms with Crippen LogP contribution in [-0.4, -0.2) is 25.1 Å². The van der Waals surface area contributed by atoms with E-state index >= 15 is 0 Å². The van der Waals surface area contributed by atoms with Crippen molar-refractivity contribution in [1.29, 1.82) is 0 Å². The van der Waals surface area contributed by atoms with Crippen molar-refractivity contribution in [3.05, 3.63) is 82.7 Å². The van der Waals surface area contributed by atoms with Crippen LogP contribution in [0.5, 0.6) is 0 Å². The van der Waals surface area contributed by atoms with Crippen molar-refractivity contribution in [2.75, 3.05) is 10.7 Å². The van der Waals surface area contributed by atoms with Crippen molar-refractivity contribution >= 4 is 58.4 Å². The van der Waals surface area contributed by atoms with E-state index in [1.807, 2.05) is 24.3 Å². The number of halogens is 1. The fourth-order valence-corrected chi connectivity index (χ4v) is 5.97. The van der Waals surface area contributed by atoms with Gasteiger partial charge in [0.2, 0.25) is 5.91 Å². The molecule has 0 fully saturated rings. The van der Waals surface area contributed by atoms with Crippen LogP contribution in [0.4, 0.5) is 5.13 Å². The molecule has 0 spiro atoms. The summed E-state index contributed by atoms with van der Waals surface area (Å²) in [6, 6.07) is 18.2. The Kier molecular flexibility index (Phi) is 6.54. The molecule has 0 radical (unpaired) electrons. The quantitative estimate of drug-likeness (QED) is 0.320. The first kappa shape index (κ1) is 21.7. The molecule has 1 amide bonds. The van der Waals surface area contributed by atoms with E-state index in [-0.39, 0.29) is 30.4 Å². The highest BCUT2D eigenvalue weighted by Gasteiger charge is 2.23. The van der Waals surface area contributed by atoms with Gasteiger partial charge in [0.25, 0.3) is 0 Å². The Bertz CT molecular complexity index is 1290. The molecule has 160 valence electrons. The number of benzene rings is 2. The second-order valence-corrected chi connectivity index (χ2v) is 11.1. The lowest BCUT2D eigenvalue weighted by Gasteiger charge is -2.18. The maximum atomic E-state index is 13.1. The standard InChI is InChI=1S/C22H19BrN2O4S2/c23-17-8-9-19-20(13-17)30-22(24-19)25(14-18-7-4-11-29-18)21(26)10-12-31(27,28)15-16-5-2-1-3-6-16/h1-9,11,13H,10,12,14-15H2. The number of aromatic nitrogens is 1. The Morgan fingerprint density at radius 3 is 2.65 bits per heavy atom. The lowest BCUT2D eigenvalue weighted by molar-refractivity contribution is -0.118. The second kappa shape index (κ2) is 9.33. The Hall–Kier alpha value is -2.49. The molecule has 0 saturated carbocycles. The van der Waals surface area contributed by atoms with Crippen molar-refractivity contribution < 1.29 is 17.6 Å². The van der Waals surface area contributed by atoms with Crippen LogP contribution in [-0.2, 0) is 26.9 Å². The number of carbonyl (C=O) groups is 1. The average molecular weight is 519 g/mol. The smallest absolute Gasteiger partial charge is 0.230 e. The fourth-order valence-electron chi connectivity index (χ4n) is 3.10. The highest BCUT2D eigenvalue weighted by Crippen LogP contribution is 2.32. The second-order valence-electron chi connectivity index (χ2n) is 7.00. The van der Waals surface area contributed by atoms with Gasteiger partial charge in [-0.2, -0.15) is 0 Å². The normalized spacial score (nSPS) is 11.6. The number of sulfone groups is 1. The molecule has 0 aliphatic rings. The lowest BCUT2D eigenvalue weighted by Crippen LogP contribution is -2.31. The van der Waals surface area contributed by atoms with E-state index in [2.05, 4.69) is 20.9 Å². The summed E-state index contributed by atoms with van der Waals surface area (Å²) in [7, 11) is -3.43. The van der Waals surface area contributed by atoms with E-state index in [0.29, 0.717) is 16.5 Å². The number of rotatable bonds is 8. The van der Waals surface area contributed by atoms with Gasteiger partial charge in [-0.05, 0) is 35.9 Å². The molecule has 4 aromatic rings. The zero-order valence-corrected chi connectivity index (χ0v) is 19.6. The highest BCUT2D eigenvalue weighted by molar-refractivity contribution is 9.10. The monoisotopic (exact) mass is 518 g/mol. The molecule has 9 heteroatoms. The van der Waals surface area contributed by atoms with Crippen LogP contribution in [0.1, 0.15) is 17.7 Å². The largest absolute Gasteiger partial charge is 0.467 e. The predicted octanol–water partition coefficient (Wildman–Crippen LogP) is 5.19. The molecule has 0 saturated heterocycles. The number of amides is 1. The van der Waals surface area contributed by atoms with Crippen LogP contribution in [0, 0.1) is 0 Å². The van der Waals surface area contributed by atoms with Gasteiger partial charge in [0, 0.05) is 10.9 Å². The summed E-state index contributed by atoms with van der Waals surface area (Å²) in [6.07, 6.45) is 1.41. The lowest BCUT2D eigenvalue weighted by atomic mass is 10.2. The number of hydrogen-bond acceptors (Lipinski definition) is 6. The van der Waals surface area contributed by atoms with E-state index in [4.69, 9.17) is 4.42 Å². The molecule has 6 nitrogen and oxygen atoms in total. The van der Waals surface area contributed by atoms with Crippen LogP contribution in [0.25, 0.3) is 10.2 Å². The molecular weight excluding hydrogens is 500 g/mol. The van der Waals surface area contributed by atoms with Gasteiger partial charge in [0.1, 0.15) is 5.76 Å². The first-order chi connectivity index (χ1) is 14.9. The molecule has 0 aliphatic heterocycles. The van der Waals surface area contributed by atoms with Gasteiger partial charge in [0.15, 0.2) is 15.0 Å². The van der Waals surface area contributed by atoms with Crippen molar-refractivity contribution in [1.82, 2.24) is 4.98 Å². The van der Waals surface area contributed by atoms with E-state index in [0.717, 1.165) is 14.7 Å². The first-order valence-electron chi connectivity index (χ1n) is 9.53. The van der Waals surface area contributed by atoms with Gasteiger partial charge in [-0.15, -0.1) is 0 Å². The van der Waals surface area contributed by atoms with E-state index in [1.54, 1.807) is 36.4 Å². The third-order valence-corrected chi connectivity index (χ3v) is 7.76. The average Bonchev–Trinajstić information content (AvgIpc) is 3.40. The van der Waals surface area contributed by atoms with Crippen LogP contribution in [0.3, 0.4) is 0 Å². The molecule has 31 heavy (non-hydrogen) atoms. The zero-order chi connectivity index (χ0) is 21.8. The summed E-state index contributed by atoms with van der Waals surface area (Å²) in [5.41, 5.74) is 1.48. The van der Waals surface area contributed by atoms with E-state index in [1.165, 1.54) is 22.5 Å². The Labute approximate surface area is 192 Å². The third-order valence-electron chi connectivity index (χ3n) is 4.62. The minimum absolute atomic E-state index is 0.0888. The molecule has 0 atom stereocenters. The fraction of sp³-hybridized carbons (Fsp3) is 0.182. The van der Waals surface area contributed by atoms with Gasteiger partial charge in [0.05, 0.1) is 34.5 Å². The van der Waals surface area contributed by atoms with Crippen molar-refractivity contribution in [2.45, 2.75) is 18.7 Å². The van der Waals surface area contributed by atoms with E-state index in [9.17, 15) is 13.2 Å². The van der Waals surface area contributed by atoms with Gasteiger partial charge in [-0.3, -0.25) is 9.69 Å². The van der Waals surface area contributed by atoms with E-state index < -0.39 is 9.84 Å². The van der Waals surface area contributed by atoms with Crippen LogP contribution in [0.2, 0.25) is 0 Å². The number of furan rings is 1. The Balaban J connectivity index is 1.53. The number of anilines is 1. The topological polar surface area (TPSA) is 80.5 Å². The molecule has 0 bridgehead atoms. The molecule has 2 heterocycles. The van der Waals surface area contributed by atoms with Crippen LogP contribution in [0.15, 0.2) is 75.8 Å². The summed E-state index contributed by atoms with van der Waals surface area (Å²) in [6.45, 7) is 0.186. The van der Waals surface area contributed by atoms with Gasteiger partial charge < -0.3 is 4.42 Å². The number of nitrogens with zero attached hydrogens (tertiary/aromatic N) is 2. The van der Waals surface area contributed by atoms with Gasteiger partial charge >= 0.3 is 0 Å². The predicted molar refractivity (Wildman–Crippen MR) is 126 cm³/mol. The SMILES string of the molecule is O=C(CCS(=O)(=O)Cc1ccccc1)N(Cc1ccco1)c1nc2ccc(Br)cc2s1. The molecular formula is C22H19BrN2O4S2. The molecule has 0 aliphatic carbocycles. The Morgan fingerprint density at radius 2 is 1.90 bits per heavy atom. The first-order valence-corrected chi connectivity index (χ1v) is 13.0. The minimum Gasteiger partial charge on any atom is -0.467 e. The maximum Gasteiger partial charge on any atom is 0.230 e. The van der Waals surface area contributed by atoms with Gasteiger partial charge in [-0.25, -0.2) is 13.4 Å². The summed E-state index contributed by atoms with van der Waals surface area (Å²) >= 11 is 4.83. The number of hydrogen-bond donors (Lipinski definition) is 0. The summed E-state index contributed by atoms with van der Waals surface area (Å²) in [5.74, 6) is -0.0348. The zero-order valence-electron chi connectivity index (χ0n) is 16.4. The summed E-state index contributed by atoms with van der Waals surface area (Å²) < 4.78 is 32.4. The highest BCUT2D eigenvalue weighted by atomic mass is 79.9. The maximum absolute atomic E-state index is 13.1. The van der Waals surface area contributed by atoms with Crippen molar-refractivity contribution in [3.63, 3.8) is 0 Å². The number of thiazole rings is 1. The van der Waals surface area contributed by atoms with Crippen molar-refractivity contribution in [3.8, 4) is 0 Å².